The Morgan fingerprint density at radius 1 is 1.36 bits per heavy atom. The Morgan fingerprint density at radius 3 is 2.76 bits per heavy atom. The molecule has 0 radical (unpaired) electrons. The van der Waals surface area contributed by atoms with Crippen molar-refractivity contribution >= 4 is 5.69 Å². The zero-order valence-corrected chi connectivity index (χ0v) is 14.4. The number of aromatic amines is 1. The monoisotopic (exact) mass is 353 g/mol. The first-order chi connectivity index (χ1) is 11.9. The van der Waals surface area contributed by atoms with Crippen LogP contribution < -0.4 is 16.6 Å². The van der Waals surface area contributed by atoms with Gasteiger partial charge in [0.1, 0.15) is 24.0 Å². The Kier molecular flexibility index (Phi) is 4.83. The average molecular weight is 353 g/mol. The topological polar surface area (TPSA) is 115 Å². The van der Waals surface area contributed by atoms with Crippen LogP contribution in [0.15, 0.2) is 27.9 Å². The predicted octanol–water partition coefficient (Wildman–Crippen LogP) is -0.0656. The quantitative estimate of drug-likeness (QED) is 0.635. The van der Waals surface area contributed by atoms with E-state index in [1.165, 1.54) is 10.8 Å². The third kappa shape index (κ3) is 3.40. The van der Waals surface area contributed by atoms with Crippen molar-refractivity contribution in [1.29, 1.82) is 0 Å². The van der Waals surface area contributed by atoms with E-state index in [1.807, 2.05) is 19.1 Å². The molecule has 1 aromatic rings. The highest BCUT2D eigenvalue weighted by Gasteiger charge is 2.55. The lowest BCUT2D eigenvalue weighted by Gasteiger charge is -2.24. The standard InChI is InChI=1S/C16H23N3O6/c1-4-5-6-17-9-7-19(15(22)18-13(9)21)14-12-11(10(8-20)23-14)24-16(2,3)25-12/h4-5,7,10-12,14,17,20H,6,8H2,1-3H3,(H,18,21,22)/t10-,11?,12+,14-/m1/s1. The van der Waals surface area contributed by atoms with Gasteiger partial charge in [-0.15, -0.1) is 0 Å². The molecule has 138 valence electrons. The second-order valence-corrected chi connectivity index (χ2v) is 6.47. The minimum Gasteiger partial charge on any atom is -0.394 e. The Bertz CT molecular complexity index is 768. The minimum atomic E-state index is -0.844. The van der Waals surface area contributed by atoms with Crippen molar-refractivity contribution < 1.29 is 19.3 Å². The predicted molar refractivity (Wildman–Crippen MR) is 89.4 cm³/mol. The zero-order chi connectivity index (χ0) is 18.2. The first-order valence-corrected chi connectivity index (χ1v) is 8.18. The van der Waals surface area contributed by atoms with E-state index >= 15 is 0 Å². The molecule has 9 nitrogen and oxygen atoms in total. The molecule has 2 saturated heterocycles. The van der Waals surface area contributed by atoms with Gasteiger partial charge in [-0.05, 0) is 20.8 Å². The second-order valence-electron chi connectivity index (χ2n) is 6.47. The molecule has 0 spiro atoms. The van der Waals surface area contributed by atoms with Crippen molar-refractivity contribution in [2.75, 3.05) is 18.5 Å². The van der Waals surface area contributed by atoms with Crippen LogP contribution in [0.4, 0.5) is 5.69 Å². The van der Waals surface area contributed by atoms with Gasteiger partial charge in [-0.25, -0.2) is 4.79 Å². The van der Waals surface area contributed by atoms with Crippen LogP contribution in [-0.4, -0.2) is 51.9 Å². The highest BCUT2D eigenvalue weighted by molar-refractivity contribution is 5.38. The Labute approximate surface area is 144 Å². The van der Waals surface area contributed by atoms with Crippen LogP contribution in [0.3, 0.4) is 0 Å². The maximum atomic E-state index is 12.3. The summed E-state index contributed by atoms with van der Waals surface area (Å²) in [6.45, 7) is 5.57. The van der Waals surface area contributed by atoms with Gasteiger partial charge < -0.3 is 24.6 Å². The summed E-state index contributed by atoms with van der Waals surface area (Å²) in [4.78, 5) is 26.5. The van der Waals surface area contributed by atoms with E-state index in [1.54, 1.807) is 13.8 Å². The van der Waals surface area contributed by atoms with Crippen LogP contribution >= 0.6 is 0 Å². The normalized spacial score (nSPS) is 30.7. The molecule has 4 atom stereocenters. The lowest BCUT2D eigenvalue weighted by Crippen LogP contribution is -2.38. The van der Waals surface area contributed by atoms with Gasteiger partial charge in [-0.3, -0.25) is 14.3 Å². The molecule has 3 heterocycles. The molecule has 0 aromatic carbocycles. The fourth-order valence-electron chi connectivity index (χ4n) is 3.12. The second kappa shape index (κ2) is 6.75. The summed E-state index contributed by atoms with van der Waals surface area (Å²) >= 11 is 0. The van der Waals surface area contributed by atoms with Crippen LogP contribution in [0.25, 0.3) is 0 Å². The summed E-state index contributed by atoms with van der Waals surface area (Å²) in [6.07, 6.45) is 2.60. The van der Waals surface area contributed by atoms with Gasteiger partial charge in [0.15, 0.2) is 12.0 Å². The van der Waals surface area contributed by atoms with Crippen molar-refractivity contribution in [1.82, 2.24) is 9.55 Å². The van der Waals surface area contributed by atoms with Crippen molar-refractivity contribution in [3.05, 3.63) is 39.2 Å². The molecule has 0 amide bonds. The van der Waals surface area contributed by atoms with Gasteiger partial charge in [-0.1, -0.05) is 12.2 Å². The number of nitrogens with one attached hydrogen (secondary N) is 2. The number of ether oxygens (including phenoxy) is 3. The van der Waals surface area contributed by atoms with Gasteiger partial charge >= 0.3 is 5.69 Å². The van der Waals surface area contributed by atoms with E-state index in [2.05, 4.69) is 10.3 Å². The van der Waals surface area contributed by atoms with Crippen molar-refractivity contribution in [3.63, 3.8) is 0 Å². The first-order valence-electron chi connectivity index (χ1n) is 8.18. The van der Waals surface area contributed by atoms with Crippen LogP contribution in [0.2, 0.25) is 0 Å². The number of aliphatic hydroxyl groups is 1. The average Bonchev–Trinajstić information content (AvgIpc) is 3.02. The third-order valence-electron chi connectivity index (χ3n) is 4.19. The molecule has 0 aliphatic carbocycles. The number of allylic oxidation sites excluding steroid dienone is 1. The van der Waals surface area contributed by atoms with Crippen LogP contribution in [0, 0.1) is 0 Å². The van der Waals surface area contributed by atoms with Crippen LogP contribution in [0.5, 0.6) is 0 Å². The van der Waals surface area contributed by atoms with E-state index < -0.39 is 41.6 Å². The van der Waals surface area contributed by atoms with Crippen molar-refractivity contribution in [3.8, 4) is 0 Å². The molecular formula is C16H23N3O6. The molecule has 2 aliphatic rings. The molecular weight excluding hydrogens is 330 g/mol. The molecule has 3 rings (SSSR count). The lowest BCUT2D eigenvalue weighted by atomic mass is 10.1. The maximum absolute atomic E-state index is 12.3. The summed E-state index contributed by atoms with van der Waals surface area (Å²) in [5.41, 5.74) is -0.886. The Balaban J connectivity index is 1.94. The number of hydrogen-bond donors (Lipinski definition) is 3. The van der Waals surface area contributed by atoms with E-state index in [0.717, 1.165) is 0 Å². The fourth-order valence-corrected chi connectivity index (χ4v) is 3.12. The fraction of sp³-hybridized carbons (Fsp3) is 0.625. The SMILES string of the molecule is CC=CCNc1cn([C@@H]2O[C@H](CO)C3OC(C)(C)O[C@@H]32)c(=O)[nH]c1=O. The number of hydrogen-bond acceptors (Lipinski definition) is 7. The van der Waals surface area contributed by atoms with E-state index in [-0.39, 0.29) is 12.3 Å². The molecule has 9 heteroatoms. The smallest absolute Gasteiger partial charge is 0.330 e. The third-order valence-corrected chi connectivity index (χ3v) is 4.19. The van der Waals surface area contributed by atoms with Crippen molar-refractivity contribution in [2.24, 2.45) is 0 Å². The lowest BCUT2D eigenvalue weighted by molar-refractivity contribution is -0.200. The zero-order valence-electron chi connectivity index (χ0n) is 14.4. The molecule has 1 aromatic heterocycles. The number of aliphatic hydroxyl groups excluding tert-OH is 1. The number of aromatic nitrogens is 2. The van der Waals surface area contributed by atoms with Crippen LogP contribution in [-0.2, 0) is 14.2 Å². The number of nitrogens with zero attached hydrogens (tertiary/aromatic N) is 1. The molecule has 2 aliphatic heterocycles. The number of anilines is 1. The largest absolute Gasteiger partial charge is 0.394 e. The molecule has 0 saturated carbocycles. The Hall–Kier alpha value is -1.94. The summed E-state index contributed by atoms with van der Waals surface area (Å²) in [5, 5.41) is 12.5. The van der Waals surface area contributed by atoms with E-state index in [4.69, 9.17) is 14.2 Å². The maximum Gasteiger partial charge on any atom is 0.330 e. The number of H-pyrrole nitrogens is 1. The molecule has 2 fully saturated rings. The van der Waals surface area contributed by atoms with Gasteiger partial charge in [0.25, 0.3) is 5.56 Å². The van der Waals surface area contributed by atoms with Gasteiger partial charge in [-0.2, -0.15) is 0 Å². The van der Waals surface area contributed by atoms with Gasteiger partial charge in [0.2, 0.25) is 0 Å². The molecule has 25 heavy (non-hydrogen) atoms. The molecule has 1 unspecified atom stereocenters. The number of rotatable bonds is 5. The Morgan fingerprint density at radius 2 is 2.08 bits per heavy atom. The van der Waals surface area contributed by atoms with Gasteiger partial charge in [0, 0.05) is 12.7 Å². The van der Waals surface area contributed by atoms with E-state index in [9.17, 15) is 14.7 Å². The van der Waals surface area contributed by atoms with Gasteiger partial charge in [0.05, 0.1) is 6.61 Å². The molecule has 3 N–H and O–H groups in total. The van der Waals surface area contributed by atoms with Crippen molar-refractivity contribution in [2.45, 2.75) is 51.1 Å². The molecule has 0 bridgehead atoms. The number of fused-ring (bicyclic) bond motifs is 1. The summed E-state index contributed by atoms with van der Waals surface area (Å²) in [7, 11) is 0. The highest BCUT2D eigenvalue weighted by atomic mass is 16.8. The minimum absolute atomic E-state index is 0.239. The van der Waals surface area contributed by atoms with E-state index in [0.29, 0.717) is 6.54 Å². The highest BCUT2D eigenvalue weighted by Crippen LogP contribution is 2.42. The summed E-state index contributed by atoms with van der Waals surface area (Å²) < 4.78 is 18.7. The first kappa shape index (κ1) is 17.9. The summed E-state index contributed by atoms with van der Waals surface area (Å²) in [5.74, 6) is -0.844. The van der Waals surface area contributed by atoms with Crippen LogP contribution in [0.1, 0.15) is 27.0 Å². The summed E-state index contributed by atoms with van der Waals surface area (Å²) in [6, 6.07) is 0.